The number of fused-ring (bicyclic) bond motifs is 1. The third-order valence-electron chi connectivity index (χ3n) is 3.33. The Morgan fingerprint density at radius 3 is 2.75 bits per heavy atom. The van der Waals surface area contributed by atoms with E-state index in [1.165, 1.54) is 0 Å². The quantitative estimate of drug-likeness (QED) is 0.856. The highest BCUT2D eigenvalue weighted by atomic mass is 32.2. The average Bonchev–Trinajstić information content (AvgIpc) is 2.80. The second kappa shape index (κ2) is 4.60. The highest BCUT2D eigenvalue weighted by Gasteiger charge is 2.37. The van der Waals surface area contributed by atoms with Crippen molar-refractivity contribution in [2.45, 2.75) is 12.1 Å². The van der Waals surface area contributed by atoms with Crippen molar-refractivity contribution in [2.75, 3.05) is 11.5 Å². The van der Waals surface area contributed by atoms with Crippen LogP contribution in [0.5, 0.6) is 0 Å². The lowest BCUT2D eigenvalue weighted by atomic mass is 10.2. The number of furan rings is 1. The van der Waals surface area contributed by atoms with Gasteiger partial charge in [0.15, 0.2) is 9.84 Å². The summed E-state index contributed by atoms with van der Waals surface area (Å²) in [7, 11) is -3.42. The van der Waals surface area contributed by atoms with E-state index < -0.39 is 27.9 Å². The average molecular weight is 295 g/mol. The van der Waals surface area contributed by atoms with Gasteiger partial charge >= 0.3 is 5.97 Å². The van der Waals surface area contributed by atoms with Gasteiger partial charge in [0, 0.05) is 5.39 Å². The molecule has 3 rings (SSSR count). The fraction of sp³-hybridized carbons (Fsp3) is 0.308. The van der Waals surface area contributed by atoms with Crippen molar-refractivity contribution in [2.24, 2.45) is 0 Å². The molecule has 2 atom stereocenters. The molecule has 0 radical (unpaired) electrons. The first-order valence-corrected chi connectivity index (χ1v) is 7.94. The van der Waals surface area contributed by atoms with Crippen LogP contribution in [0.3, 0.4) is 0 Å². The van der Waals surface area contributed by atoms with E-state index in [0.717, 1.165) is 5.39 Å². The molecule has 0 amide bonds. The first-order chi connectivity index (χ1) is 9.44. The fourth-order valence-electron chi connectivity index (χ4n) is 2.40. The Bertz CT molecular complexity index is 731. The molecule has 1 aliphatic rings. The summed E-state index contributed by atoms with van der Waals surface area (Å²) >= 11 is 0. The Balaban J connectivity index is 1.97. The minimum atomic E-state index is -3.42. The van der Waals surface area contributed by atoms with Crippen molar-refractivity contribution in [3.63, 3.8) is 0 Å². The topological polar surface area (TPSA) is 96.6 Å². The van der Waals surface area contributed by atoms with Crippen molar-refractivity contribution in [1.82, 2.24) is 5.32 Å². The molecule has 0 spiro atoms. The molecule has 0 aliphatic carbocycles. The van der Waals surface area contributed by atoms with Gasteiger partial charge in [-0.25, -0.2) is 8.42 Å². The molecular weight excluding hydrogens is 282 g/mol. The van der Waals surface area contributed by atoms with E-state index in [1.807, 2.05) is 18.2 Å². The lowest BCUT2D eigenvalue weighted by Crippen LogP contribution is -2.51. The molecule has 7 heteroatoms. The van der Waals surface area contributed by atoms with Crippen LogP contribution in [-0.4, -0.2) is 37.0 Å². The number of carbonyl (C=O) groups is 1. The maximum Gasteiger partial charge on any atom is 0.321 e. The van der Waals surface area contributed by atoms with Crippen molar-refractivity contribution >= 4 is 26.8 Å². The first-order valence-electron chi connectivity index (χ1n) is 6.12. The first kappa shape index (κ1) is 13.1. The van der Waals surface area contributed by atoms with Gasteiger partial charge in [-0.15, -0.1) is 0 Å². The predicted octanol–water partition coefficient (Wildman–Crippen LogP) is 0.945. The number of carboxylic acid groups (broad SMARTS) is 1. The van der Waals surface area contributed by atoms with Crippen LogP contribution in [0.2, 0.25) is 0 Å². The van der Waals surface area contributed by atoms with E-state index in [1.54, 1.807) is 12.1 Å². The van der Waals surface area contributed by atoms with Gasteiger partial charge in [0.25, 0.3) is 0 Å². The Hall–Kier alpha value is -1.86. The van der Waals surface area contributed by atoms with Crippen molar-refractivity contribution in [1.29, 1.82) is 0 Å². The number of para-hydroxylation sites is 1. The van der Waals surface area contributed by atoms with E-state index in [-0.39, 0.29) is 11.5 Å². The third-order valence-corrected chi connectivity index (χ3v) is 5.01. The minimum Gasteiger partial charge on any atom is -0.480 e. The molecule has 2 N–H and O–H groups in total. The van der Waals surface area contributed by atoms with Crippen molar-refractivity contribution < 1.29 is 22.7 Å². The fourth-order valence-corrected chi connectivity index (χ4v) is 4.05. The second-order valence-electron chi connectivity index (χ2n) is 4.87. The zero-order valence-electron chi connectivity index (χ0n) is 10.4. The SMILES string of the molecule is O=C(O)C1CS(=O)(=O)CC(c2cc3ccccc3o2)N1. The Morgan fingerprint density at radius 2 is 2.05 bits per heavy atom. The van der Waals surface area contributed by atoms with Gasteiger partial charge in [-0.2, -0.15) is 0 Å². The smallest absolute Gasteiger partial charge is 0.321 e. The molecule has 20 heavy (non-hydrogen) atoms. The third kappa shape index (κ3) is 2.41. The van der Waals surface area contributed by atoms with Gasteiger partial charge in [-0.3, -0.25) is 10.1 Å². The summed E-state index contributed by atoms with van der Waals surface area (Å²) in [5.41, 5.74) is 0.652. The highest BCUT2D eigenvalue weighted by molar-refractivity contribution is 7.91. The number of rotatable bonds is 2. The number of sulfone groups is 1. The van der Waals surface area contributed by atoms with E-state index in [4.69, 9.17) is 9.52 Å². The molecule has 2 unspecified atom stereocenters. The van der Waals surface area contributed by atoms with Crippen LogP contribution in [0, 0.1) is 0 Å². The van der Waals surface area contributed by atoms with Crippen molar-refractivity contribution in [3.8, 4) is 0 Å². The zero-order valence-corrected chi connectivity index (χ0v) is 11.3. The van der Waals surface area contributed by atoms with Gasteiger partial charge in [0.2, 0.25) is 0 Å². The standard InChI is InChI=1S/C13H13NO5S/c15-13(16)10-7-20(17,18)6-9(14-10)12-5-8-3-1-2-4-11(8)19-12/h1-5,9-10,14H,6-7H2,(H,15,16). The van der Waals surface area contributed by atoms with E-state index in [9.17, 15) is 13.2 Å². The number of benzene rings is 1. The summed E-state index contributed by atoms with van der Waals surface area (Å²) in [6.07, 6.45) is 0. The van der Waals surface area contributed by atoms with E-state index in [0.29, 0.717) is 11.3 Å². The summed E-state index contributed by atoms with van der Waals surface area (Å²) in [5.74, 6) is -1.27. The minimum absolute atomic E-state index is 0.156. The summed E-state index contributed by atoms with van der Waals surface area (Å²) in [5, 5.41) is 12.7. The molecule has 6 nitrogen and oxygen atoms in total. The molecule has 2 heterocycles. The number of hydrogen-bond acceptors (Lipinski definition) is 5. The summed E-state index contributed by atoms with van der Waals surface area (Å²) in [4.78, 5) is 11.0. The molecular formula is C13H13NO5S. The molecule has 0 bridgehead atoms. The normalized spacial score (nSPS) is 25.6. The lowest BCUT2D eigenvalue weighted by molar-refractivity contribution is -0.139. The van der Waals surface area contributed by atoms with Crippen molar-refractivity contribution in [3.05, 3.63) is 36.1 Å². The molecule has 1 saturated heterocycles. The summed E-state index contributed by atoms with van der Waals surface area (Å²) < 4.78 is 29.2. The Morgan fingerprint density at radius 1 is 1.30 bits per heavy atom. The molecule has 1 aromatic carbocycles. The van der Waals surface area contributed by atoms with Gasteiger partial charge in [0.05, 0.1) is 17.5 Å². The Kier molecular flexibility index (Phi) is 3.02. The molecule has 1 aliphatic heterocycles. The van der Waals surface area contributed by atoms with Gasteiger partial charge in [-0.1, -0.05) is 18.2 Å². The molecule has 2 aromatic rings. The monoisotopic (exact) mass is 295 g/mol. The summed E-state index contributed by atoms with van der Waals surface area (Å²) in [6.45, 7) is 0. The van der Waals surface area contributed by atoms with Crippen LogP contribution >= 0.6 is 0 Å². The summed E-state index contributed by atoms with van der Waals surface area (Å²) in [6, 6.07) is 7.31. The molecule has 106 valence electrons. The van der Waals surface area contributed by atoms with Crippen LogP contribution in [-0.2, 0) is 14.6 Å². The van der Waals surface area contributed by atoms with Crippen LogP contribution in [0.1, 0.15) is 11.8 Å². The van der Waals surface area contributed by atoms with Crippen LogP contribution in [0.25, 0.3) is 11.0 Å². The van der Waals surface area contributed by atoms with Gasteiger partial charge in [0.1, 0.15) is 17.4 Å². The highest BCUT2D eigenvalue weighted by Crippen LogP contribution is 2.27. The number of carboxylic acids is 1. The zero-order chi connectivity index (χ0) is 14.3. The van der Waals surface area contributed by atoms with Crippen LogP contribution in [0.15, 0.2) is 34.7 Å². The van der Waals surface area contributed by atoms with E-state index in [2.05, 4.69) is 5.32 Å². The maximum absolute atomic E-state index is 11.8. The largest absolute Gasteiger partial charge is 0.480 e. The molecule has 0 saturated carbocycles. The van der Waals surface area contributed by atoms with Gasteiger partial charge in [-0.05, 0) is 12.1 Å². The van der Waals surface area contributed by atoms with E-state index >= 15 is 0 Å². The van der Waals surface area contributed by atoms with Crippen LogP contribution in [0.4, 0.5) is 0 Å². The van der Waals surface area contributed by atoms with Crippen LogP contribution < -0.4 is 5.32 Å². The second-order valence-corrected chi connectivity index (χ2v) is 7.03. The Labute approximate surface area is 115 Å². The molecule has 1 fully saturated rings. The maximum atomic E-state index is 11.8. The lowest BCUT2D eigenvalue weighted by Gasteiger charge is -2.27. The van der Waals surface area contributed by atoms with Gasteiger partial charge < -0.3 is 9.52 Å². The number of nitrogens with one attached hydrogen (secondary N) is 1. The predicted molar refractivity (Wildman–Crippen MR) is 72.2 cm³/mol. The number of hydrogen-bond donors (Lipinski definition) is 2. The molecule has 1 aromatic heterocycles. The number of aliphatic carboxylic acids is 1.